The summed E-state index contributed by atoms with van der Waals surface area (Å²) in [4.78, 5) is 54.5. The van der Waals surface area contributed by atoms with E-state index in [-0.39, 0.29) is 55.6 Å². The third-order valence-corrected chi connectivity index (χ3v) is 7.71. The first kappa shape index (κ1) is 27.1. The highest BCUT2D eigenvalue weighted by Crippen LogP contribution is 2.25. The van der Waals surface area contributed by atoms with Crippen LogP contribution >= 0.6 is 23.2 Å². The summed E-state index contributed by atoms with van der Waals surface area (Å²) in [6.07, 6.45) is 5.58. The molecule has 1 heterocycles. The number of fused-ring (bicyclic) bond motifs is 1. The second-order valence-electron chi connectivity index (χ2n) is 9.69. The molecule has 0 spiro atoms. The number of rotatable bonds is 9. The van der Waals surface area contributed by atoms with Crippen LogP contribution in [0.1, 0.15) is 78.1 Å². The molecule has 9 heteroatoms. The molecule has 0 aromatic heterocycles. The molecule has 0 saturated heterocycles. The average Bonchev–Trinajstić information content (AvgIpc) is 3.13. The third-order valence-electron chi connectivity index (χ3n) is 7.13. The molecule has 1 atom stereocenters. The quantitative estimate of drug-likeness (QED) is 0.438. The number of halogens is 2. The van der Waals surface area contributed by atoms with Crippen molar-refractivity contribution in [3.63, 3.8) is 0 Å². The minimum Gasteiger partial charge on any atom is -0.352 e. The van der Waals surface area contributed by atoms with Crippen molar-refractivity contribution in [2.24, 2.45) is 0 Å². The van der Waals surface area contributed by atoms with Crippen LogP contribution in [0.15, 0.2) is 42.5 Å². The fourth-order valence-corrected chi connectivity index (χ4v) is 5.43. The van der Waals surface area contributed by atoms with Crippen molar-refractivity contribution < 1.29 is 19.2 Å². The van der Waals surface area contributed by atoms with E-state index in [1.54, 1.807) is 49.4 Å². The second-order valence-corrected chi connectivity index (χ2v) is 10.5. The van der Waals surface area contributed by atoms with Crippen molar-refractivity contribution in [1.82, 2.24) is 15.1 Å². The van der Waals surface area contributed by atoms with Crippen molar-refractivity contribution in [1.29, 1.82) is 0 Å². The fourth-order valence-electron chi connectivity index (χ4n) is 4.96. The lowest BCUT2D eigenvalue weighted by atomic mass is 9.95. The highest BCUT2D eigenvalue weighted by molar-refractivity contribution is 6.35. The number of nitrogens with zero attached hydrogens (tertiary/aromatic N) is 2. The molecule has 7 nitrogen and oxygen atoms in total. The van der Waals surface area contributed by atoms with Crippen LogP contribution in [0, 0.1) is 0 Å². The highest BCUT2D eigenvalue weighted by Gasteiger charge is 2.35. The maximum Gasteiger partial charge on any atom is 0.261 e. The Hall–Kier alpha value is -2.90. The fraction of sp³-hybridized carbons (Fsp3) is 0.429. The first-order valence-corrected chi connectivity index (χ1v) is 13.5. The van der Waals surface area contributed by atoms with Crippen LogP contribution in [-0.4, -0.2) is 52.1 Å². The molecule has 2 aliphatic rings. The summed E-state index contributed by atoms with van der Waals surface area (Å²) in [5.74, 6) is -1.16. The van der Waals surface area contributed by atoms with Gasteiger partial charge >= 0.3 is 0 Å². The van der Waals surface area contributed by atoms with Crippen molar-refractivity contribution in [3.8, 4) is 0 Å². The average molecular weight is 544 g/mol. The Morgan fingerprint density at radius 1 is 1.03 bits per heavy atom. The van der Waals surface area contributed by atoms with Gasteiger partial charge < -0.3 is 10.2 Å². The number of carbonyl (C=O) groups excluding carboxylic acids is 4. The van der Waals surface area contributed by atoms with E-state index in [0.29, 0.717) is 26.7 Å². The molecule has 1 aliphatic heterocycles. The van der Waals surface area contributed by atoms with E-state index in [1.165, 1.54) is 16.2 Å². The van der Waals surface area contributed by atoms with Gasteiger partial charge in [0.05, 0.1) is 11.1 Å². The number of benzene rings is 2. The van der Waals surface area contributed by atoms with E-state index in [4.69, 9.17) is 23.2 Å². The van der Waals surface area contributed by atoms with E-state index >= 15 is 0 Å². The molecule has 196 valence electrons. The van der Waals surface area contributed by atoms with Gasteiger partial charge in [-0.3, -0.25) is 24.1 Å². The molecule has 4 amide bonds. The Kier molecular flexibility index (Phi) is 8.87. The molecule has 2 aromatic rings. The van der Waals surface area contributed by atoms with Gasteiger partial charge in [-0.25, -0.2) is 0 Å². The van der Waals surface area contributed by atoms with Crippen LogP contribution in [0.3, 0.4) is 0 Å². The van der Waals surface area contributed by atoms with Gasteiger partial charge in [-0.1, -0.05) is 60.7 Å². The van der Waals surface area contributed by atoms with Gasteiger partial charge in [0.2, 0.25) is 11.8 Å². The highest BCUT2D eigenvalue weighted by atomic mass is 35.5. The van der Waals surface area contributed by atoms with Gasteiger partial charge in [-0.2, -0.15) is 0 Å². The molecule has 1 fully saturated rings. The molecule has 1 N–H and O–H groups in total. The first-order chi connectivity index (χ1) is 17.8. The molecule has 1 aliphatic carbocycles. The summed E-state index contributed by atoms with van der Waals surface area (Å²) in [6.45, 7) is 1.97. The summed E-state index contributed by atoms with van der Waals surface area (Å²) in [5, 5.41) is 4.00. The minimum absolute atomic E-state index is 0.0691. The number of imide groups is 1. The Balaban J connectivity index is 1.43. The maximum atomic E-state index is 13.4. The van der Waals surface area contributed by atoms with Crippen LogP contribution in [0.25, 0.3) is 0 Å². The van der Waals surface area contributed by atoms with Crippen LogP contribution < -0.4 is 5.32 Å². The van der Waals surface area contributed by atoms with Crippen molar-refractivity contribution in [3.05, 3.63) is 69.2 Å². The van der Waals surface area contributed by atoms with Gasteiger partial charge in [-0.05, 0) is 56.0 Å². The zero-order valence-corrected chi connectivity index (χ0v) is 22.4. The predicted octanol–water partition coefficient (Wildman–Crippen LogP) is 5.24. The molecule has 0 unspecified atom stereocenters. The van der Waals surface area contributed by atoms with E-state index in [0.717, 1.165) is 25.7 Å². The Bertz CT molecular complexity index is 1160. The van der Waals surface area contributed by atoms with Crippen LogP contribution in [0.4, 0.5) is 0 Å². The Morgan fingerprint density at radius 2 is 1.68 bits per heavy atom. The summed E-state index contributed by atoms with van der Waals surface area (Å²) in [6, 6.07) is 11.1. The SMILES string of the molecule is C[C@H](C(=O)NC1CCCCC1)N(Cc1ccc(Cl)cc1Cl)C(=O)CCCN1C(=O)c2ccccc2C1=O. The van der Waals surface area contributed by atoms with Gasteiger partial charge in [0, 0.05) is 35.6 Å². The van der Waals surface area contributed by atoms with Crippen molar-refractivity contribution >= 4 is 46.8 Å². The monoisotopic (exact) mass is 543 g/mol. The number of carbonyl (C=O) groups is 4. The van der Waals surface area contributed by atoms with E-state index in [1.807, 2.05) is 0 Å². The first-order valence-electron chi connectivity index (χ1n) is 12.7. The molecular weight excluding hydrogens is 513 g/mol. The standard InChI is InChI=1S/C28H31Cl2N3O4/c1-18(26(35)31-21-8-3-2-4-9-21)33(17-19-13-14-20(29)16-24(19)30)25(34)12-7-15-32-27(36)22-10-5-6-11-23(22)28(32)37/h5-6,10-11,13-14,16,18,21H,2-4,7-9,12,15,17H2,1H3,(H,31,35)/t18-/m1/s1. The molecule has 1 saturated carbocycles. The smallest absolute Gasteiger partial charge is 0.261 e. The molecule has 0 radical (unpaired) electrons. The van der Waals surface area contributed by atoms with Crippen molar-refractivity contribution in [2.45, 2.75) is 70.5 Å². The van der Waals surface area contributed by atoms with Gasteiger partial charge in [0.1, 0.15) is 6.04 Å². The third kappa shape index (κ3) is 6.33. The normalized spacial score (nSPS) is 16.5. The predicted molar refractivity (Wildman–Crippen MR) is 143 cm³/mol. The van der Waals surface area contributed by atoms with Crippen LogP contribution in [0.2, 0.25) is 10.0 Å². The largest absolute Gasteiger partial charge is 0.352 e. The minimum atomic E-state index is -0.722. The zero-order valence-electron chi connectivity index (χ0n) is 20.8. The molecule has 4 rings (SSSR count). The number of hydrogen-bond acceptors (Lipinski definition) is 4. The number of nitrogens with one attached hydrogen (secondary N) is 1. The van der Waals surface area contributed by atoms with Gasteiger partial charge in [0.15, 0.2) is 0 Å². The number of amides is 4. The lowest BCUT2D eigenvalue weighted by Crippen LogP contribution is -2.50. The van der Waals surface area contributed by atoms with Crippen LogP contribution in [-0.2, 0) is 16.1 Å². The van der Waals surface area contributed by atoms with Gasteiger partial charge in [-0.15, -0.1) is 0 Å². The molecule has 37 heavy (non-hydrogen) atoms. The second kappa shape index (κ2) is 12.1. The lowest BCUT2D eigenvalue weighted by molar-refractivity contribution is -0.141. The van der Waals surface area contributed by atoms with E-state index in [2.05, 4.69) is 5.32 Å². The van der Waals surface area contributed by atoms with Crippen LogP contribution in [0.5, 0.6) is 0 Å². The van der Waals surface area contributed by atoms with Gasteiger partial charge in [0.25, 0.3) is 11.8 Å². The Morgan fingerprint density at radius 3 is 2.30 bits per heavy atom. The summed E-state index contributed by atoms with van der Waals surface area (Å²) < 4.78 is 0. The van der Waals surface area contributed by atoms with Crippen molar-refractivity contribution in [2.75, 3.05) is 6.54 Å². The summed E-state index contributed by atoms with van der Waals surface area (Å²) in [7, 11) is 0. The van der Waals surface area contributed by atoms with E-state index < -0.39 is 6.04 Å². The van der Waals surface area contributed by atoms with E-state index in [9.17, 15) is 19.2 Å². The summed E-state index contributed by atoms with van der Waals surface area (Å²) in [5.41, 5.74) is 1.44. The zero-order chi connectivity index (χ0) is 26.5. The molecular formula is C28H31Cl2N3O4. The summed E-state index contributed by atoms with van der Waals surface area (Å²) >= 11 is 12.4. The molecule has 2 aromatic carbocycles. The maximum absolute atomic E-state index is 13.4. The topological polar surface area (TPSA) is 86.8 Å². The Labute approximate surface area is 227 Å². The lowest BCUT2D eigenvalue weighted by Gasteiger charge is -2.31. The number of hydrogen-bond donors (Lipinski definition) is 1. The molecule has 0 bridgehead atoms.